The number of H-pyrrole nitrogens is 2. The maximum Gasteiger partial charge on any atom is 0.180 e. The lowest BCUT2D eigenvalue weighted by Gasteiger charge is -2.26. The molecular formula is C36H33Cl3N10O. The number of hydrogen-bond donors (Lipinski definition) is 5. The van der Waals surface area contributed by atoms with E-state index in [1.165, 1.54) is 6.20 Å². The van der Waals surface area contributed by atoms with Gasteiger partial charge in [0.15, 0.2) is 11.3 Å². The number of aromatic amines is 2. The molecule has 5 heterocycles. The lowest BCUT2D eigenvalue weighted by atomic mass is 10.2. The van der Waals surface area contributed by atoms with Crippen molar-refractivity contribution in [2.45, 2.75) is 0 Å². The van der Waals surface area contributed by atoms with Crippen molar-refractivity contribution in [1.29, 1.82) is 0 Å². The van der Waals surface area contributed by atoms with Crippen LogP contribution in [0.15, 0.2) is 91.3 Å². The number of nitrogens with one attached hydrogen (secondary N) is 4. The standard InChI is InChI=1S/C18H19Cl2N5O.C18H14ClN5/c19-14-11-22-18-16(15(14)20)23-17(24-18)12-1-3-13(4-2-12)21-5-6-25-7-9-26-10-8-25;19-14-10-21-18-16(15(14)22-13-4-2-1-3-5-13)23-17(24-18)11-6-8-12(20)9-7-11/h1-4,11,21H,5-10H2,(H,22,23,24);1-10H,20H2,(H2,21,22,23,24). The van der Waals surface area contributed by atoms with Crippen LogP contribution in [-0.4, -0.2) is 74.2 Å². The Morgan fingerprint density at radius 2 is 1.32 bits per heavy atom. The third kappa shape index (κ3) is 7.77. The molecule has 4 aromatic heterocycles. The number of morpholine rings is 1. The van der Waals surface area contributed by atoms with Crippen LogP contribution in [0.25, 0.3) is 45.1 Å². The highest BCUT2D eigenvalue weighted by Crippen LogP contribution is 2.33. The first-order valence-electron chi connectivity index (χ1n) is 16.0. The molecule has 14 heteroatoms. The minimum Gasteiger partial charge on any atom is -0.399 e. The Morgan fingerprint density at radius 1 is 0.720 bits per heavy atom. The molecule has 1 aliphatic heterocycles. The van der Waals surface area contributed by atoms with E-state index in [9.17, 15) is 0 Å². The lowest BCUT2D eigenvalue weighted by Crippen LogP contribution is -2.38. The monoisotopic (exact) mass is 726 g/mol. The van der Waals surface area contributed by atoms with Crippen LogP contribution >= 0.6 is 34.8 Å². The first-order chi connectivity index (χ1) is 24.4. The summed E-state index contributed by atoms with van der Waals surface area (Å²) in [4.78, 5) is 26.5. The van der Waals surface area contributed by atoms with Gasteiger partial charge < -0.3 is 31.1 Å². The molecule has 254 valence electrons. The van der Waals surface area contributed by atoms with Crippen LogP contribution in [0.2, 0.25) is 15.1 Å². The first kappa shape index (κ1) is 33.6. The maximum atomic E-state index is 6.34. The van der Waals surface area contributed by atoms with Gasteiger partial charge in [0.25, 0.3) is 0 Å². The van der Waals surface area contributed by atoms with Gasteiger partial charge in [-0.2, -0.15) is 0 Å². The predicted octanol–water partition coefficient (Wildman–Crippen LogP) is 8.28. The summed E-state index contributed by atoms with van der Waals surface area (Å²) >= 11 is 18.6. The number of fused-ring (bicyclic) bond motifs is 2. The van der Waals surface area contributed by atoms with E-state index in [4.69, 9.17) is 45.3 Å². The van der Waals surface area contributed by atoms with E-state index in [1.807, 2.05) is 78.9 Å². The van der Waals surface area contributed by atoms with E-state index in [-0.39, 0.29) is 0 Å². The number of nitrogens with zero attached hydrogens (tertiary/aromatic N) is 5. The van der Waals surface area contributed by atoms with Crippen LogP contribution in [0, 0.1) is 0 Å². The van der Waals surface area contributed by atoms with E-state index in [0.29, 0.717) is 37.6 Å². The van der Waals surface area contributed by atoms with Gasteiger partial charge in [0.1, 0.15) is 22.7 Å². The highest BCUT2D eigenvalue weighted by Gasteiger charge is 2.15. The number of nitrogen functional groups attached to an aromatic ring is 1. The number of nitrogens with two attached hydrogens (primary N) is 1. The van der Waals surface area contributed by atoms with E-state index in [1.54, 1.807) is 6.20 Å². The molecule has 0 unspecified atom stereocenters. The van der Waals surface area contributed by atoms with E-state index in [2.05, 4.69) is 45.4 Å². The second-order valence-corrected chi connectivity index (χ2v) is 12.7. The lowest BCUT2D eigenvalue weighted by molar-refractivity contribution is 0.0398. The predicted molar refractivity (Wildman–Crippen MR) is 204 cm³/mol. The Bertz CT molecular complexity index is 2200. The summed E-state index contributed by atoms with van der Waals surface area (Å²) in [5, 5.41) is 8.16. The molecule has 0 bridgehead atoms. The number of rotatable bonds is 8. The molecule has 0 radical (unpaired) electrons. The zero-order valence-corrected chi connectivity index (χ0v) is 29.0. The van der Waals surface area contributed by atoms with E-state index >= 15 is 0 Å². The van der Waals surface area contributed by atoms with Crippen LogP contribution in [0.1, 0.15) is 0 Å². The van der Waals surface area contributed by atoms with Crippen molar-refractivity contribution in [1.82, 2.24) is 34.8 Å². The molecule has 11 nitrogen and oxygen atoms in total. The molecule has 7 aromatic rings. The molecule has 1 aliphatic rings. The van der Waals surface area contributed by atoms with Crippen LogP contribution in [-0.2, 0) is 4.74 Å². The molecule has 0 amide bonds. The Balaban J connectivity index is 0.000000157. The minimum absolute atomic E-state index is 0.411. The second-order valence-electron chi connectivity index (χ2n) is 11.5. The summed E-state index contributed by atoms with van der Waals surface area (Å²) in [5.74, 6) is 1.44. The summed E-state index contributed by atoms with van der Waals surface area (Å²) in [6.07, 6.45) is 3.11. The molecule has 0 saturated carbocycles. The third-order valence-electron chi connectivity index (χ3n) is 8.13. The fourth-order valence-electron chi connectivity index (χ4n) is 5.47. The molecule has 50 heavy (non-hydrogen) atoms. The molecular weight excluding hydrogens is 695 g/mol. The van der Waals surface area contributed by atoms with Gasteiger partial charge in [-0.25, -0.2) is 19.9 Å². The topological polar surface area (TPSA) is 146 Å². The number of benzene rings is 3. The molecule has 8 rings (SSSR count). The summed E-state index contributed by atoms with van der Waals surface area (Å²) in [6.45, 7) is 5.59. The quantitative estimate of drug-likeness (QED) is 0.0977. The fourth-order valence-corrected chi connectivity index (χ4v) is 5.98. The average molecular weight is 728 g/mol. The van der Waals surface area contributed by atoms with Gasteiger partial charge in [0.2, 0.25) is 0 Å². The summed E-state index contributed by atoms with van der Waals surface area (Å²) < 4.78 is 5.36. The average Bonchev–Trinajstić information content (AvgIpc) is 3.79. The Morgan fingerprint density at radius 3 is 2.00 bits per heavy atom. The zero-order chi connectivity index (χ0) is 34.5. The van der Waals surface area contributed by atoms with E-state index < -0.39 is 0 Å². The summed E-state index contributed by atoms with van der Waals surface area (Å²) in [7, 11) is 0. The molecule has 0 atom stereocenters. The number of anilines is 4. The summed E-state index contributed by atoms with van der Waals surface area (Å²) in [6, 6.07) is 25.5. The van der Waals surface area contributed by atoms with E-state index in [0.717, 1.165) is 84.7 Å². The van der Waals surface area contributed by atoms with Crippen molar-refractivity contribution in [3.8, 4) is 22.8 Å². The van der Waals surface area contributed by atoms with Gasteiger partial charge in [-0.15, -0.1) is 0 Å². The molecule has 0 aliphatic carbocycles. The maximum absolute atomic E-state index is 6.34. The molecule has 6 N–H and O–H groups in total. The Labute approximate surface area is 303 Å². The fraction of sp³-hybridized carbons (Fsp3) is 0.167. The van der Waals surface area contributed by atoms with Gasteiger partial charge in [0, 0.05) is 60.6 Å². The Hall–Kier alpha value is -4.91. The molecule has 1 fully saturated rings. The van der Waals surface area contributed by atoms with Gasteiger partial charge in [0.05, 0.1) is 40.2 Å². The van der Waals surface area contributed by atoms with Gasteiger partial charge >= 0.3 is 0 Å². The van der Waals surface area contributed by atoms with Gasteiger partial charge in [-0.05, 0) is 60.7 Å². The van der Waals surface area contributed by atoms with Crippen molar-refractivity contribution in [2.75, 3.05) is 55.8 Å². The normalized spacial score (nSPS) is 13.3. The SMILES string of the molecule is Clc1cnc2nc(-c3ccc(NCCN4CCOCC4)cc3)[nH]c2c1Cl.Nc1ccc(-c2nc3ncc(Cl)c(Nc4ccccc4)c3[nH]2)cc1. The van der Waals surface area contributed by atoms with Crippen molar-refractivity contribution in [2.24, 2.45) is 0 Å². The van der Waals surface area contributed by atoms with Crippen LogP contribution in [0.3, 0.4) is 0 Å². The van der Waals surface area contributed by atoms with Crippen molar-refractivity contribution >= 4 is 79.9 Å². The number of halogens is 3. The highest BCUT2D eigenvalue weighted by atomic mass is 35.5. The smallest absolute Gasteiger partial charge is 0.180 e. The molecule has 1 saturated heterocycles. The second kappa shape index (κ2) is 15.3. The van der Waals surface area contributed by atoms with Crippen molar-refractivity contribution in [3.05, 3.63) is 106 Å². The number of pyridine rings is 2. The molecule has 3 aromatic carbocycles. The summed E-state index contributed by atoms with van der Waals surface area (Å²) in [5.41, 5.74) is 13.7. The van der Waals surface area contributed by atoms with Crippen molar-refractivity contribution in [3.63, 3.8) is 0 Å². The number of para-hydroxylation sites is 1. The zero-order valence-electron chi connectivity index (χ0n) is 26.8. The minimum atomic E-state index is 0.411. The Kier molecular flexibility index (Phi) is 10.3. The van der Waals surface area contributed by atoms with Crippen LogP contribution < -0.4 is 16.4 Å². The largest absolute Gasteiger partial charge is 0.399 e. The third-order valence-corrected chi connectivity index (χ3v) is 9.20. The highest BCUT2D eigenvalue weighted by molar-refractivity contribution is 6.44. The van der Waals surface area contributed by atoms with Crippen molar-refractivity contribution < 1.29 is 4.74 Å². The first-order valence-corrected chi connectivity index (χ1v) is 17.1. The number of aromatic nitrogens is 6. The number of imidazole rings is 2. The van der Waals surface area contributed by atoms with Crippen LogP contribution in [0.4, 0.5) is 22.7 Å². The number of ether oxygens (including phenoxy) is 1. The van der Waals surface area contributed by atoms with Gasteiger partial charge in [-0.3, -0.25) is 4.90 Å². The molecule has 0 spiro atoms. The van der Waals surface area contributed by atoms with Crippen LogP contribution in [0.5, 0.6) is 0 Å². The van der Waals surface area contributed by atoms with Gasteiger partial charge in [-0.1, -0.05) is 53.0 Å². The number of hydrogen-bond acceptors (Lipinski definition) is 9.